The summed E-state index contributed by atoms with van der Waals surface area (Å²) in [4.78, 5) is 0. The summed E-state index contributed by atoms with van der Waals surface area (Å²) in [5, 5.41) is 2.87. The Balaban J connectivity index is 3.92. The molecule has 0 saturated heterocycles. The molecule has 0 amide bonds. The van der Waals surface area contributed by atoms with Crippen LogP contribution in [0, 0.1) is 0 Å². The summed E-state index contributed by atoms with van der Waals surface area (Å²) in [6.07, 6.45) is 1.28. The van der Waals surface area contributed by atoms with Gasteiger partial charge in [-0.1, -0.05) is 33.1 Å². The third kappa shape index (κ3) is 4.55. The Labute approximate surface area is 79.9 Å². The molecule has 80 valence electrons. The zero-order chi connectivity index (χ0) is 10.3. The van der Waals surface area contributed by atoms with E-state index >= 15 is 0 Å². The number of hydrogen-bond donors (Lipinski definition) is 1. The zero-order valence-electron chi connectivity index (χ0n) is 8.87. The van der Waals surface area contributed by atoms with Crippen molar-refractivity contribution in [3.63, 3.8) is 0 Å². The first-order chi connectivity index (χ1) is 6.06. The molecule has 0 rings (SSSR count). The van der Waals surface area contributed by atoms with E-state index in [1.807, 2.05) is 6.92 Å². The fourth-order valence-electron chi connectivity index (χ4n) is 1.42. The second kappa shape index (κ2) is 6.30. The lowest BCUT2D eigenvalue weighted by Crippen LogP contribution is -2.48. The molecule has 0 fully saturated rings. The van der Waals surface area contributed by atoms with Crippen LogP contribution < -0.4 is 5.32 Å². The number of unbranched alkanes of at least 4 members (excludes halogenated alkanes) is 2. The highest BCUT2D eigenvalue weighted by atomic mass is 19.3. The van der Waals surface area contributed by atoms with Gasteiger partial charge in [-0.15, -0.1) is 0 Å². The molecule has 3 heteroatoms. The van der Waals surface area contributed by atoms with E-state index in [2.05, 4.69) is 12.2 Å². The van der Waals surface area contributed by atoms with Crippen LogP contribution in [-0.4, -0.2) is 18.5 Å². The molecule has 0 aliphatic carbocycles. The molecule has 0 bridgehead atoms. The lowest BCUT2D eigenvalue weighted by Gasteiger charge is -2.29. The minimum absolute atomic E-state index is 0.562. The molecule has 1 N–H and O–H groups in total. The normalized spacial score (nSPS) is 16.2. The summed E-state index contributed by atoms with van der Waals surface area (Å²) in [5.74, 6) is 0. The van der Waals surface area contributed by atoms with Crippen molar-refractivity contribution in [3.05, 3.63) is 0 Å². The third-order valence-electron chi connectivity index (χ3n) is 2.36. The molecular weight excluding hydrogens is 172 g/mol. The van der Waals surface area contributed by atoms with Crippen molar-refractivity contribution in [2.24, 2.45) is 0 Å². The SMILES string of the molecule is CCCCCC(C)(NCC)C(F)F. The van der Waals surface area contributed by atoms with Crippen molar-refractivity contribution in [2.75, 3.05) is 6.54 Å². The summed E-state index contributed by atoms with van der Waals surface area (Å²) in [5.41, 5.74) is -0.982. The summed E-state index contributed by atoms with van der Waals surface area (Å²) >= 11 is 0. The molecule has 13 heavy (non-hydrogen) atoms. The van der Waals surface area contributed by atoms with Gasteiger partial charge in [0.2, 0.25) is 0 Å². The summed E-state index contributed by atoms with van der Waals surface area (Å²) in [6.45, 7) is 6.15. The Kier molecular flexibility index (Phi) is 6.21. The summed E-state index contributed by atoms with van der Waals surface area (Å²) in [6, 6.07) is 0. The zero-order valence-corrected chi connectivity index (χ0v) is 8.87. The van der Waals surface area contributed by atoms with E-state index in [1.165, 1.54) is 0 Å². The van der Waals surface area contributed by atoms with Crippen LogP contribution in [0.4, 0.5) is 8.78 Å². The maximum atomic E-state index is 12.6. The van der Waals surface area contributed by atoms with E-state index in [9.17, 15) is 8.78 Å². The van der Waals surface area contributed by atoms with Crippen LogP contribution in [0.3, 0.4) is 0 Å². The van der Waals surface area contributed by atoms with Crippen molar-refractivity contribution >= 4 is 0 Å². The number of hydrogen-bond acceptors (Lipinski definition) is 1. The predicted molar refractivity (Wildman–Crippen MR) is 52.2 cm³/mol. The summed E-state index contributed by atoms with van der Waals surface area (Å²) < 4.78 is 25.3. The fraction of sp³-hybridized carbons (Fsp3) is 1.00. The van der Waals surface area contributed by atoms with E-state index in [4.69, 9.17) is 0 Å². The van der Waals surface area contributed by atoms with Gasteiger partial charge in [-0.3, -0.25) is 0 Å². The highest BCUT2D eigenvalue weighted by molar-refractivity contribution is 4.85. The first-order valence-corrected chi connectivity index (χ1v) is 5.10. The largest absolute Gasteiger partial charge is 0.307 e. The Bertz CT molecular complexity index is 128. The number of halogens is 2. The van der Waals surface area contributed by atoms with Gasteiger partial charge < -0.3 is 5.32 Å². The van der Waals surface area contributed by atoms with E-state index < -0.39 is 12.0 Å². The number of rotatable bonds is 7. The minimum Gasteiger partial charge on any atom is -0.307 e. The van der Waals surface area contributed by atoms with Crippen LogP contribution in [0.15, 0.2) is 0 Å². The lowest BCUT2D eigenvalue weighted by molar-refractivity contribution is 0.0347. The van der Waals surface area contributed by atoms with Gasteiger partial charge in [0.05, 0.1) is 5.54 Å². The smallest absolute Gasteiger partial charge is 0.256 e. The van der Waals surface area contributed by atoms with E-state index in [0.29, 0.717) is 13.0 Å². The van der Waals surface area contributed by atoms with Crippen molar-refractivity contribution in [1.82, 2.24) is 5.32 Å². The molecule has 0 aromatic heterocycles. The molecule has 0 aliphatic heterocycles. The van der Waals surface area contributed by atoms with Crippen LogP contribution in [0.2, 0.25) is 0 Å². The average molecular weight is 193 g/mol. The molecule has 0 radical (unpaired) electrons. The van der Waals surface area contributed by atoms with Gasteiger partial charge in [0.1, 0.15) is 0 Å². The van der Waals surface area contributed by atoms with Crippen LogP contribution in [0.5, 0.6) is 0 Å². The molecule has 0 heterocycles. The van der Waals surface area contributed by atoms with Crippen molar-refractivity contribution in [3.8, 4) is 0 Å². The fourth-order valence-corrected chi connectivity index (χ4v) is 1.42. The second-order valence-corrected chi connectivity index (χ2v) is 3.71. The maximum Gasteiger partial charge on any atom is 0.256 e. The Hall–Kier alpha value is -0.180. The van der Waals surface area contributed by atoms with E-state index in [1.54, 1.807) is 6.92 Å². The first kappa shape index (κ1) is 12.8. The number of alkyl halides is 2. The Morgan fingerprint density at radius 3 is 2.23 bits per heavy atom. The monoisotopic (exact) mass is 193 g/mol. The van der Waals surface area contributed by atoms with Gasteiger partial charge in [-0.05, 0) is 19.9 Å². The van der Waals surface area contributed by atoms with Gasteiger partial charge in [0.15, 0.2) is 0 Å². The Morgan fingerprint density at radius 2 is 1.85 bits per heavy atom. The van der Waals surface area contributed by atoms with Gasteiger partial charge in [-0.25, -0.2) is 8.78 Å². The van der Waals surface area contributed by atoms with Crippen molar-refractivity contribution < 1.29 is 8.78 Å². The van der Waals surface area contributed by atoms with Crippen LogP contribution >= 0.6 is 0 Å². The second-order valence-electron chi connectivity index (χ2n) is 3.71. The molecule has 1 nitrogen and oxygen atoms in total. The average Bonchev–Trinajstić information content (AvgIpc) is 2.05. The Morgan fingerprint density at radius 1 is 1.23 bits per heavy atom. The topological polar surface area (TPSA) is 12.0 Å². The molecule has 1 atom stereocenters. The predicted octanol–water partition coefficient (Wildman–Crippen LogP) is 3.20. The van der Waals surface area contributed by atoms with Crippen LogP contribution in [0.1, 0.15) is 46.5 Å². The third-order valence-corrected chi connectivity index (χ3v) is 2.36. The first-order valence-electron chi connectivity index (χ1n) is 5.10. The quantitative estimate of drug-likeness (QED) is 0.612. The molecule has 1 unspecified atom stereocenters. The van der Waals surface area contributed by atoms with Gasteiger partial charge >= 0.3 is 0 Å². The summed E-state index contributed by atoms with van der Waals surface area (Å²) in [7, 11) is 0. The molecule has 0 aromatic rings. The van der Waals surface area contributed by atoms with Crippen molar-refractivity contribution in [1.29, 1.82) is 0 Å². The maximum absolute atomic E-state index is 12.6. The molecular formula is C10H21F2N. The molecule has 0 spiro atoms. The van der Waals surface area contributed by atoms with E-state index in [0.717, 1.165) is 19.3 Å². The lowest BCUT2D eigenvalue weighted by atomic mass is 9.95. The van der Waals surface area contributed by atoms with Crippen LogP contribution in [0.25, 0.3) is 0 Å². The van der Waals surface area contributed by atoms with Crippen LogP contribution in [-0.2, 0) is 0 Å². The highest BCUT2D eigenvalue weighted by Gasteiger charge is 2.32. The van der Waals surface area contributed by atoms with Gasteiger partial charge in [0.25, 0.3) is 6.43 Å². The van der Waals surface area contributed by atoms with Gasteiger partial charge in [-0.2, -0.15) is 0 Å². The minimum atomic E-state index is -2.27. The van der Waals surface area contributed by atoms with Crippen molar-refractivity contribution in [2.45, 2.75) is 58.4 Å². The highest BCUT2D eigenvalue weighted by Crippen LogP contribution is 2.22. The molecule has 0 aliphatic rings. The standard InChI is InChI=1S/C10H21F2N/c1-4-6-7-8-10(3,9(11)12)13-5-2/h9,13H,4-8H2,1-3H3. The molecule has 0 aromatic carbocycles. The number of nitrogens with one attached hydrogen (secondary N) is 1. The van der Waals surface area contributed by atoms with Gasteiger partial charge in [0, 0.05) is 0 Å². The molecule has 0 saturated carbocycles. The van der Waals surface area contributed by atoms with E-state index in [-0.39, 0.29) is 0 Å².